The van der Waals surface area contributed by atoms with Gasteiger partial charge in [-0.15, -0.1) is 0 Å². The first kappa shape index (κ1) is 12.3. The Hall–Kier alpha value is -1.44. The van der Waals surface area contributed by atoms with E-state index >= 15 is 0 Å². The van der Waals surface area contributed by atoms with Crippen molar-refractivity contribution in [2.75, 3.05) is 0 Å². The molecule has 0 atom stereocenters. The average molecular weight is 161 g/mol. The van der Waals surface area contributed by atoms with Gasteiger partial charge < -0.3 is 6.15 Å². The summed E-state index contributed by atoms with van der Waals surface area (Å²) in [5.74, 6) is 8.24. The van der Waals surface area contributed by atoms with Crippen LogP contribution in [0.3, 0.4) is 0 Å². The number of hydrazine groups is 2. The lowest BCUT2D eigenvalue weighted by molar-refractivity contribution is -0.118. The molecule has 0 aromatic carbocycles. The quantitative estimate of drug-likeness (QED) is 0.134. The predicted molar refractivity (Wildman–Crippen MR) is 38.8 cm³/mol. The zero-order valence-corrected chi connectivity index (χ0v) is 5.83. The Balaban J connectivity index is 0. The zero-order chi connectivity index (χ0) is 7.98. The van der Waals surface area contributed by atoms with Gasteiger partial charge >= 0.3 is 0 Å². The van der Waals surface area contributed by atoms with E-state index in [1.165, 1.54) is 0 Å². The van der Waals surface area contributed by atoms with E-state index < -0.39 is 11.8 Å². The zero-order valence-electron chi connectivity index (χ0n) is 5.83. The molecular weight excluding hydrogens is 150 g/mol. The van der Waals surface area contributed by atoms with Gasteiger partial charge in [-0.3, -0.25) is 20.4 Å². The van der Waals surface area contributed by atoms with E-state index in [2.05, 4.69) is 11.7 Å². The molecule has 0 fully saturated rings. The lowest BCUT2D eigenvalue weighted by Crippen LogP contribution is -2.30. The first-order valence-electron chi connectivity index (χ1n) is 2.40. The molecule has 0 saturated carbocycles. The van der Waals surface area contributed by atoms with E-state index in [0.717, 1.165) is 12.2 Å². The maximum atomic E-state index is 10.3. The number of nitrogens with one attached hydrogen (secondary N) is 2. The third-order valence-corrected chi connectivity index (χ3v) is 0.671. The minimum absolute atomic E-state index is 0. The highest BCUT2D eigenvalue weighted by atomic mass is 16.2. The molecule has 0 radical (unpaired) electrons. The van der Waals surface area contributed by atoms with Gasteiger partial charge in [0.2, 0.25) is 0 Å². The summed E-state index contributed by atoms with van der Waals surface area (Å²) >= 11 is 0. The smallest absolute Gasteiger partial charge is 0.258 e. The molecule has 0 aliphatic rings. The molecule has 0 saturated heterocycles. The van der Waals surface area contributed by atoms with Gasteiger partial charge in [0.05, 0.1) is 0 Å². The molecule has 64 valence electrons. The first-order valence-corrected chi connectivity index (χ1v) is 2.40. The minimum atomic E-state index is -0.566. The largest absolute Gasteiger partial charge is 0.344 e. The van der Waals surface area contributed by atoms with Crippen LogP contribution < -0.4 is 28.7 Å². The van der Waals surface area contributed by atoms with Crippen LogP contribution in [0.5, 0.6) is 0 Å². The molecule has 0 aliphatic heterocycles. The van der Waals surface area contributed by atoms with Crippen LogP contribution in [0.4, 0.5) is 0 Å². The van der Waals surface area contributed by atoms with Crippen molar-refractivity contribution in [2.45, 2.75) is 0 Å². The van der Waals surface area contributed by atoms with Crippen molar-refractivity contribution in [3.63, 3.8) is 0 Å². The van der Waals surface area contributed by atoms with Crippen molar-refractivity contribution in [3.05, 3.63) is 12.2 Å². The standard InChI is InChI=1S/C4H8N4O2.H3N/c5-7-3(9)1-2-4(10)8-6;/h1-2H,5-6H2,(H,7,9)(H,8,10);1H3/b2-1-;. The molecule has 11 heavy (non-hydrogen) atoms. The number of amides is 2. The van der Waals surface area contributed by atoms with Crippen LogP contribution in [0.25, 0.3) is 0 Å². The van der Waals surface area contributed by atoms with Crippen LogP contribution in [-0.2, 0) is 9.59 Å². The van der Waals surface area contributed by atoms with Crippen molar-refractivity contribution in [3.8, 4) is 0 Å². The van der Waals surface area contributed by atoms with E-state index in [1.54, 1.807) is 10.9 Å². The topological polar surface area (TPSA) is 145 Å². The molecule has 2 amide bonds. The Bertz CT molecular complexity index is 148. The maximum Gasteiger partial charge on any atom is 0.258 e. The molecule has 0 aliphatic carbocycles. The monoisotopic (exact) mass is 161 g/mol. The molecule has 0 aromatic heterocycles. The first-order chi connectivity index (χ1) is 4.70. The summed E-state index contributed by atoms with van der Waals surface area (Å²) < 4.78 is 0. The second-order valence-corrected chi connectivity index (χ2v) is 1.35. The SMILES string of the molecule is N.NNC(=O)/C=C\C(=O)NN. The highest BCUT2D eigenvalue weighted by Gasteiger charge is 1.91. The van der Waals surface area contributed by atoms with Crippen molar-refractivity contribution in [1.82, 2.24) is 17.0 Å². The van der Waals surface area contributed by atoms with E-state index in [-0.39, 0.29) is 6.15 Å². The van der Waals surface area contributed by atoms with E-state index in [0.29, 0.717) is 0 Å². The molecule has 7 heteroatoms. The molecule has 0 heterocycles. The van der Waals surface area contributed by atoms with Crippen LogP contribution in [0.15, 0.2) is 12.2 Å². The van der Waals surface area contributed by atoms with Crippen LogP contribution in [0, 0.1) is 0 Å². The number of carbonyl (C=O) groups is 2. The molecule has 0 spiro atoms. The summed E-state index contributed by atoms with van der Waals surface area (Å²) in [5.41, 5.74) is 3.60. The number of hydrogen-bond acceptors (Lipinski definition) is 5. The summed E-state index contributed by atoms with van der Waals surface area (Å²) in [6.45, 7) is 0. The maximum absolute atomic E-state index is 10.3. The Labute approximate surface area is 63.3 Å². The number of nitrogens with two attached hydrogens (primary N) is 2. The van der Waals surface area contributed by atoms with Crippen LogP contribution >= 0.6 is 0 Å². The number of rotatable bonds is 2. The highest BCUT2D eigenvalue weighted by Crippen LogP contribution is 1.70. The Morgan fingerprint density at radius 2 is 1.27 bits per heavy atom. The third kappa shape index (κ3) is 6.45. The molecule has 7 nitrogen and oxygen atoms in total. The Morgan fingerprint density at radius 1 is 1.00 bits per heavy atom. The van der Waals surface area contributed by atoms with Gasteiger partial charge in [0.25, 0.3) is 11.8 Å². The van der Waals surface area contributed by atoms with Crippen LogP contribution in [-0.4, -0.2) is 11.8 Å². The second-order valence-electron chi connectivity index (χ2n) is 1.35. The lowest BCUT2D eigenvalue weighted by Gasteiger charge is -1.89. The van der Waals surface area contributed by atoms with E-state index in [1.807, 2.05) is 0 Å². The predicted octanol–water partition coefficient (Wildman–Crippen LogP) is -2.32. The van der Waals surface area contributed by atoms with Gasteiger partial charge in [-0.2, -0.15) is 0 Å². The molecule has 0 rings (SSSR count). The average Bonchev–Trinajstić information content (AvgIpc) is 1.99. The van der Waals surface area contributed by atoms with Crippen molar-refractivity contribution in [1.29, 1.82) is 0 Å². The summed E-state index contributed by atoms with van der Waals surface area (Å²) in [5, 5.41) is 0. The molecule has 0 unspecified atom stereocenters. The van der Waals surface area contributed by atoms with Crippen molar-refractivity contribution < 1.29 is 9.59 Å². The van der Waals surface area contributed by atoms with Gasteiger partial charge in [-0.25, -0.2) is 11.7 Å². The number of carbonyl (C=O) groups excluding carboxylic acids is 2. The summed E-state index contributed by atoms with van der Waals surface area (Å²) in [4.78, 5) is 20.6. The highest BCUT2D eigenvalue weighted by molar-refractivity contribution is 5.96. The normalized spacial score (nSPS) is 8.55. The summed E-state index contributed by atoms with van der Waals surface area (Å²) in [6.07, 6.45) is 1.92. The molecule has 0 aromatic rings. The van der Waals surface area contributed by atoms with E-state index in [9.17, 15) is 9.59 Å². The van der Waals surface area contributed by atoms with Gasteiger partial charge in [0.15, 0.2) is 0 Å². The summed E-state index contributed by atoms with van der Waals surface area (Å²) in [7, 11) is 0. The summed E-state index contributed by atoms with van der Waals surface area (Å²) in [6, 6.07) is 0. The lowest BCUT2D eigenvalue weighted by atomic mass is 10.4. The molecular formula is C4H11N5O2. The second kappa shape index (κ2) is 6.68. The van der Waals surface area contributed by atoms with Gasteiger partial charge in [-0.1, -0.05) is 0 Å². The number of hydrogen-bond donors (Lipinski definition) is 5. The fourth-order valence-corrected chi connectivity index (χ4v) is 0.248. The molecule has 0 bridgehead atoms. The molecule has 9 N–H and O–H groups in total. The Morgan fingerprint density at radius 3 is 1.45 bits per heavy atom. The van der Waals surface area contributed by atoms with Gasteiger partial charge in [0, 0.05) is 12.2 Å². The van der Waals surface area contributed by atoms with Crippen LogP contribution in [0.1, 0.15) is 0 Å². The van der Waals surface area contributed by atoms with Gasteiger partial charge in [0.1, 0.15) is 0 Å². The van der Waals surface area contributed by atoms with Gasteiger partial charge in [-0.05, 0) is 0 Å². The fourth-order valence-electron chi connectivity index (χ4n) is 0.248. The minimum Gasteiger partial charge on any atom is -0.344 e. The van der Waals surface area contributed by atoms with Crippen LogP contribution in [0.2, 0.25) is 0 Å². The third-order valence-electron chi connectivity index (χ3n) is 0.671. The fraction of sp³-hybridized carbons (Fsp3) is 0. The van der Waals surface area contributed by atoms with Crippen molar-refractivity contribution in [2.24, 2.45) is 11.7 Å². The van der Waals surface area contributed by atoms with Crippen molar-refractivity contribution >= 4 is 11.8 Å². The Kier molecular flexibility index (Phi) is 7.44. The van der Waals surface area contributed by atoms with E-state index in [4.69, 9.17) is 0 Å².